The molecular weight excluding hydrogens is 248 g/mol. The molecular formula is C13H22N2O4. The van der Waals surface area contributed by atoms with Gasteiger partial charge in [0.15, 0.2) is 0 Å². The van der Waals surface area contributed by atoms with Crippen LogP contribution in [-0.4, -0.2) is 41.9 Å². The molecule has 0 saturated heterocycles. The Hall–Kier alpha value is -1.74. The molecule has 0 radical (unpaired) electrons. The zero-order chi connectivity index (χ0) is 14.9. The molecule has 6 heteroatoms. The van der Waals surface area contributed by atoms with Crippen LogP contribution in [0.1, 0.15) is 34.1 Å². The minimum atomic E-state index is -0.661. The van der Waals surface area contributed by atoms with Crippen LogP contribution in [0.3, 0.4) is 0 Å². The lowest BCUT2D eigenvalue weighted by Crippen LogP contribution is -2.47. The zero-order valence-electron chi connectivity index (χ0n) is 11.9. The maximum Gasteiger partial charge on any atom is 0.408 e. The second kappa shape index (κ2) is 8.38. The highest BCUT2D eigenvalue weighted by atomic mass is 16.6. The number of carbonyl (C=O) groups is 2. The Labute approximate surface area is 113 Å². The van der Waals surface area contributed by atoms with Gasteiger partial charge in [0.1, 0.15) is 18.2 Å². The Bertz CT molecular complexity index is 363. The molecule has 0 spiro atoms. The van der Waals surface area contributed by atoms with Gasteiger partial charge in [0.2, 0.25) is 5.91 Å². The Kier molecular flexibility index (Phi) is 7.61. The van der Waals surface area contributed by atoms with Crippen molar-refractivity contribution in [3.05, 3.63) is 0 Å². The fourth-order valence-corrected chi connectivity index (χ4v) is 1.18. The number of aliphatic hydroxyl groups is 1. The molecule has 0 fully saturated rings. The highest BCUT2D eigenvalue weighted by Crippen LogP contribution is 2.07. The third-order valence-electron chi connectivity index (χ3n) is 1.97. The van der Waals surface area contributed by atoms with E-state index >= 15 is 0 Å². The number of alkyl carbamates (subject to hydrolysis) is 1. The molecule has 0 aliphatic carbocycles. The first-order valence-corrected chi connectivity index (χ1v) is 6.14. The lowest BCUT2D eigenvalue weighted by molar-refractivity contribution is -0.123. The predicted molar refractivity (Wildman–Crippen MR) is 71.3 cm³/mol. The minimum absolute atomic E-state index is 0.131. The van der Waals surface area contributed by atoms with Crippen molar-refractivity contribution >= 4 is 12.0 Å². The molecule has 0 rings (SSSR count). The van der Waals surface area contributed by atoms with Gasteiger partial charge in [0.25, 0.3) is 0 Å². The molecule has 1 unspecified atom stereocenters. The van der Waals surface area contributed by atoms with Crippen molar-refractivity contribution in [2.24, 2.45) is 0 Å². The van der Waals surface area contributed by atoms with Gasteiger partial charge in [-0.05, 0) is 27.2 Å². The summed E-state index contributed by atoms with van der Waals surface area (Å²) in [7, 11) is 0. The maximum absolute atomic E-state index is 11.7. The summed E-state index contributed by atoms with van der Waals surface area (Å²) in [5.74, 6) is 4.64. The molecule has 0 aromatic carbocycles. The van der Waals surface area contributed by atoms with Crippen LogP contribution in [0.25, 0.3) is 0 Å². The van der Waals surface area contributed by atoms with Gasteiger partial charge in [-0.15, -0.1) is 0 Å². The van der Waals surface area contributed by atoms with Gasteiger partial charge in [0, 0.05) is 0 Å². The van der Waals surface area contributed by atoms with Crippen LogP contribution in [0.2, 0.25) is 0 Å². The number of hydrogen-bond donors (Lipinski definition) is 3. The van der Waals surface area contributed by atoms with Crippen molar-refractivity contribution in [1.82, 2.24) is 10.6 Å². The van der Waals surface area contributed by atoms with E-state index in [1.165, 1.54) is 0 Å². The summed E-state index contributed by atoms with van der Waals surface area (Å²) in [4.78, 5) is 23.3. The number of nitrogens with one attached hydrogen (secondary N) is 2. The summed E-state index contributed by atoms with van der Waals surface area (Å²) < 4.78 is 5.07. The van der Waals surface area contributed by atoms with Crippen LogP contribution >= 0.6 is 0 Å². The van der Waals surface area contributed by atoms with Crippen molar-refractivity contribution in [3.63, 3.8) is 0 Å². The average Bonchev–Trinajstić information content (AvgIpc) is 2.29. The van der Waals surface area contributed by atoms with Gasteiger partial charge in [-0.25, -0.2) is 4.79 Å². The molecule has 3 N–H and O–H groups in total. The minimum Gasteiger partial charge on any atom is -0.444 e. The highest BCUT2D eigenvalue weighted by Gasteiger charge is 2.22. The van der Waals surface area contributed by atoms with E-state index in [-0.39, 0.29) is 19.1 Å². The van der Waals surface area contributed by atoms with Crippen LogP contribution in [0, 0.1) is 11.8 Å². The van der Waals surface area contributed by atoms with E-state index in [9.17, 15) is 9.59 Å². The Morgan fingerprint density at radius 1 is 1.32 bits per heavy atom. The van der Waals surface area contributed by atoms with Crippen molar-refractivity contribution in [1.29, 1.82) is 0 Å². The fraction of sp³-hybridized carbons (Fsp3) is 0.692. The second-order valence-electron chi connectivity index (χ2n) is 4.84. The van der Waals surface area contributed by atoms with E-state index in [4.69, 9.17) is 9.84 Å². The van der Waals surface area contributed by atoms with Crippen LogP contribution in [0.5, 0.6) is 0 Å². The number of rotatable bonds is 4. The van der Waals surface area contributed by atoms with Crippen LogP contribution < -0.4 is 10.6 Å². The third kappa shape index (κ3) is 8.91. The monoisotopic (exact) mass is 270 g/mol. The molecule has 0 aliphatic rings. The Balaban J connectivity index is 4.26. The number of aliphatic hydroxyl groups excluding tert-OH is 1. The SMILES string of the molecule is CCC(NC(=O)OC(C)(C)C)C(=O)NCC#CCO. The molecule has 19 heavy (non-hydrogen) atoms. The quantitative estimate of drug-likeness (QED) is 0.645. The topological polar surface area (TPSA) is 87.7 Å². The standard InChI is InChI=1S/C13H22N2O4/c1-5-10(11(17)14-8-6-7-9-16)15-12(18)19-13(2,3)4/h10,16H,5,8-9H2,1-4H3,(H,14,17)(H,15,18). The van der Waals surface area contributed by atoms with Crippen LogP contribution in [0.4, 0.5) is 4.79 Å². The van der Waals surface area contributed by atoms with Gasteiger partial charge in [-0.2, -0.15) is 0 Å². The number of ether oxygens (including phenoxy) is 1. The lowest BCUT2D eigenvalue weighted by Gasteiger charge is -2.22. The normalized spacial score (nSPS) is 11.8. The predicted octanol–water partition coefficient (Wildman–Crippen LogP) is 0.402. The number of carbonyl (C=O) groups excluding carboxylic acids is 2. The summed E-state index contributed by atoms with van der Waals surface area (Å²) >= 11 is 0. The fourth-order valence-electron chi connectivity index (χ4n) is 1.18. The maximum atomic E-state index is 11.7. The van der Waals surface area contributed by atoms with E-state index in [1.54, 1.807) is 27.7 Å². The third-order valence-corrected chi connectivity index (χ3v) is 1.97. The van der Waals surface area contributed by atoms with Crippen molar-refractivity contribution < 1.29 is 19.4 Å². The smallest absolute Gasteiger partial charge is 0.408 e. The van der Waals surface area contributed by atoms with E-state index in [0.717, 1.165) is 0 Å². The molecule has 108 valence electrons. The van der Waals surface area contributed by atoms with Gasteiger partial charge in [-0.3, -0.25) is 4.79 Å². The average molecular weight is 270 g/mol. The molecule has 0 saturated carbocycles. The summed E-state index contributed by atoms with van der Waals surface area (Å²) in [5.41, 5.74) is -0.606. The first kappa shape index (κ1) is 17.3. The number of hydrogen-bond acceptors (Lipinski definition) is 4. The summed E-state index contributed by atoms with van der Waals surface area (Å²) in [6, 6.07) is -0.661. The molecule has 1 atom stereocenters. The van der Waals surface area contributed by atoms with E-state index in [1.807, 2.05) is 0 Å². The molecule has 6 nitrogen and oxygen atoms in total. The van der Waals surface area contributed by atoms with E-state index in [2.05, 4.69) is 22.5 Å². The first-order chi connectivity index (χ1) is 8.80. The summed E-state index contributed by atoms with van der Waals surface area (Å²) in [6.07, 6.45) is -0.186. The molecule has 0 aliphatic heterocycles. The zero-order valence-corrected chi connectivity index (χ0v) is 11.9. The second-order valence-corrected chi connectivity index (χ2v) is 4.84. The van der Waals surface area contributed by atoms with Crippen molar-refractivity contribution in [2.45, 2.75) is 45.8 Å². The van der Waals surface area contributed by atoms with Crippen LogP contribution in [-0.2, 0) is 9.53 Å². The molecule has 0 aromatic rings. The summed E-state index contributed by atoms with van der Waals surface area (Å²) in [6.45, 7) is 6.91. The van der Waals surface area contributed by atoms with Gasteiger partial charge in [-0.1, -0.05) is 18.8 Å². The van der Waals surface area contributed by atoms with Gasteiger partial charge in [0.05, 0.1) is 6.54 Å². The Morgan fingerprint density at radius 2 is 1.95 bits per heavy atom. The molecule has 0 aromatic heterocycles. The van der Waals surface area contributed by atoms with Crippen molar-refractivity contribution in [2.75, 3.05) is 13.2 Å². The number of amides is 2. The van der Waals surface area contributed by atoms with Gasteiger partial charge >= 0.3 is 6.09 Å². The van der Waals surface area contributed by atoms with E-state index in [0.29, 0.717) is 6.42 Å². The molecule has 2 amide bonds. The van der Waals surface area contributed by atoms with Crippen LogP contribution in [0.15, 0.2) is 0 Å². The lowest BCUT2D eigenvalue weighted by atomic mass is 10.2. The largest absolute Gasteiger partial charge is 0.444 e. The molecule has 0 heterocycles. The van der Waals surface area contributed by atoms with Crippen molar-refractivity contribution in [3.8, 4) is 11.8 Å². The van der Waals surface area contributed by atoms with Gasteiger partial charge < -0.3 is 20.5 Å². The Morgan fingerprint density at radius 3 is 2.42 bits per heavy atom. The summed E-state index contributed by atoms with van der Waals surface area (Å²) in [5, 5.41) is 13.5. The highest BCUT2D eigenvalue weighted by molar-refractivity contribution is 5.85. The first-order valence-electron chi connectivity index (χ1n) is 6.14. The molecule has 0 bridgehead atoms. The van der Waals surface area contributed by atoms with E-state index < -0.39 is 17.7 Å².